The normalized spacial score (nSPS) is 13.2. The molecule has 0 aliphatic carbocycles. The van der Waals surface area contributed by atoms with E-state index in [9.17, 15) is 8.42 Å². The lowest BCUT2D eigenvalue weighted by atomic mass is 10.1. The highest BCUT2D eigenvalue weighted by Crippen LogP contribution is 2.18. The monoisotopic (exact) mass is 305 g/mol. The van der Waals surface area contributed by atoms with Gasteiger partial charge in [-0.3, -0.25) is 4.72 Å². The molecule has 1 unspecified atom stereocenters. The van der Waals surface area contributed by atoms with Gasteiger partial charge in [0.05, 0.1) is 18.0 Å². The highest BCUT2D eigenvalue weighted by atomic mass is 35.5. The molecule has 19 heavy (non-hydrogen) atoms. The first-order valence-corrected chi connectivity index (χ1v) is 8.30. The molecule has 4 nitrogen and oxygen atoms in total. The van der Waals surface area contributed by atoms with Crippen LogP contribution in [0.3, 0.4) is 0 Å². The van der Waals surface area contributed by atoms with Crippen molar-refractivity contribution in [3.63, 3.8) is 0 Å². The molecule has 0 amide bonds. The number of para-hydroxylation sites is 1. The van der Waals surface area contributed by atoms with Crippen LogP contribution >= 0.6 is 11.6 Å². The van der Waals surface area contributed by atoms with Crippen molar-refractivity contribution in [2.24, 2.45) is 5.92 Å². The average molecular weight is 306 g/mol. The summed E-state index contributed by atoms with van der Waals surface area (Å²) in [7, 11) is -1.75. The minimum absolute atomic E-state index is 0.0229. The molecule has 0 heterocycles. The van der Waals surface area contributed by atoms with E-state index in [0.717, 1.165) is 5.56 Å². The maximum absolute atomic E-state index is 12.0. The van der Waals surface area contributed by atoms with E-state index >= 15 is 0 Å². The largest absolute Gasteiger partial charge is 0.384 e. The molecule has 1 atom stereocenters. The molecule has 1 rings (SSSR count). The van der Waals surface area contributed by atoms with Gasteiger partial charge in [-0.2, -0.15) is 0 Å². The number of rotatable bonds is 8. The minimum atomic E-state index is -3.37. The lowest BCUT2D eigenvalue weighted by molar-refractivity contribution is 0.202. The third kappa shape index (κ3) is 5.80. The molecule has 0 aromatic heterocycles. The Bertz CT molecular complexity index is 490. The van der Waals surface area contributed by atoms with Crippen LogP contribution in [0.4, 0.5) is 5.69 Å². The van der Waals surface area contributed by atoms with Crippen LogP contribution in [-0.4, -0.2) is 33.8 Å². The van der Waals surface area contributed by atoms with E-state index in [2.05, 4.69) is 4.72 Å². The molecule has 0 spiro atoms. The topological polar surface area (TPSA) is 55.4 Å². The van der Waals surface area contributed by atoms with Crippen LogP contribution in [-0.2, 0) is 21.2 Å². The second-order valence-electron chi connectivity index (χ2n) is 4.54. The van der Waals surface area contributed by atoms with Gasteiger partial charge in [-0.05, 0) is 24.0 Å². The molecule has 0 saturated carbocycles. The lowest BCUT2D eigenvalue weighted by Crippen LogP contribution is -2.22. The van der Waals surface area contributed by atoms with Crippen molar-refractivity contribution in [1.82, 2.24) is 0 Å². The van der Waals surface area contributed by atoms with Crippen LogP contribution in [0, 0.1) is 5.92 Å². The lowest BCUT2D eigenvalue weighted by Gasteiger charge is -2.14. The zero-order chi connectivity index (χ0) is 14.3. The van der Waals surface area contributed by atoms with E-state index in [0.29, 0.717) is 24.6 Å². The summed E-state index contributed by atoms with van der Waals surface area (Å²) in [4.78, 5) is 0. The highest BCUT2D eigenvalue weighted by Gasteiger charge is 2.16. The molecule has 0 bridgehead atoms. The fourth-order valence-electron chi connectivity index (χ4n) is 1.68. The van der Waals surface area contributed by atoms with Crippen LogP contribution in [0.25, 0.3) is 0 Å². The number of ether oxygens (including phenoxy) is 1. The zero-order valence-corrected chi connectivity index (χ0v) is 12.8. The molecule has 1 aromatic carbocycles. The SMILES string of the molecule is COCCc1ccccc1NS(=O)(=O)CC(C)CCl. The molecule has 0 aliphatic heterocycles. The summed E-state index contributed by atoms with van der Waals surface area (Å²) < 4.78 is 31.6. The Morgan fingerprint density at radius 1 is 1.37 bits per heavy atom. The van der Waals surface area contributed by atoms with E-state index in [1.54, 1.807) is 19.2 Å². The van der Waals surface area contributed by atoms with Gasteiger partial charge < -0.3 is 4.74 Å². The summed E-state index contributed by atoms with van der Waals surface area (Å²) in [5.74, 6) is 0.270. The Morgan fingerprint density at radius 2 is 2.05 bits per heavy atom. The van der Waals surface area contributed by atoms with Crippen molar-refractivity contribution in [3.05, 3.63) is 29.8 Å². The predicted octanol–water partition coefficient (Wildman–Crippen LogP) is 2.49. The van der Waals surface area contributed by atoms with Gasteiger partial charge in [0.1, 0.15) is 0 Å². The van der Waals surface area contributed by atoms with Gasteiger partial charge in [-0.1, -0.05) is 25.1 Å². The number of halogens is 1. The van der Waals surface area contributed by atoms with E-state index in [1.165, 1.54) is 0 Å². The molecule has 108 valence electrons. The van der Waals surface area contributed by atoms with Crippen LogP contribution in [0.15, 0.2) is 24.3 Å². The Labute approximate surface area is 120 Å². The summed E-state index contributed by atoms with van der Waals surface area (Å²) >= 11 is 5.65. The Morgan fingerprint density at radius 3 is 2.68 bits per heavy atom. The summed E-state index contributed by atoms with van der Waals surface area (Å²) in [6, 6.07) is 7.33. The maximum Gasteiger partial charge on any atom is 0.233 e. The summed E-state index contributed by atoms with van der Waals surface area (Å²) in [6.45, 7) is 2.36. The third-order valence-electron chi connectivity index (χ3n) is 2.63. The van der Waals surface area contributed by atoms with Gasteiger partial charge in [0, 0.05) is 13.0 Å². The van der Waals surface area contributed by atoms with E-state index in [-0.39, 0.29) is 11.7 Å². The average Bonchev–Trinajstić information content (AvgIpc) is 2.36. The third-order valence-corrected chi connectivity index (χ3v) is 4.69. The minimum Gasteiger partial charge on any atom is -0.384 e. The Kier molecular flexibility index (Phi) is 6.62. The fourth-order valence-corrected chi connectivity index (χ4v) is 3.40. The highest BCUT2D eigenvalue weighted by molar-refractivity contribution is 7.92. The summed E-state index contributed by atoms with van der Waals surface area (Å²) in [5, 5.41) is 0. The van der Waals surface area contributed by atoms with Gasteiger partial charge >= 0.3 is 0 Å². The second kappa shape index (κ2) is 7.72. The first-order valence-electron chi connectivity index (χ1n) is 6.12. The number of methoxy groups -OCH3 is 1. The number of alkyl halides is 1. The van der Waals surface area contributed by atoms with Crippen molar-refractivity contribution in [1.29, 1.82) is 0 Å². The first-order chi connectivity index (χ1) is 8.98. The molecule has 1 aromatic rings. The number of nitrogens with one attached hydrogen (secondary N) is 1. The van der Waals surface area contributed by atoms with Crippen LogP contribution in [0.1, 0.15) is 12.5 Å². The quantitative estimate of drug-likeness (QED) is 0.751. The van der Waals surface area contributed by atoms with Crippen LogP contribution in [0.5, 0.6) is 0 Å². The number of anilines is 1. The molecular formula is C13H20ClNO3S. The number of hydrogen-bond donors (Lipinski definition) is 1. The smallest absolute Gasteiger partial charge is 0.233 e. The van der Waals surface area contributed by atoms with Crippen molar-refractivity contribution in [2.75, 3.05) is 30.1 Å². The molecule has 0 saturated heterocycles. The van der Waals surface area contributed by atoms with Crippen molar-refractivity contribution in [3.8, 4) is 0 Å². The van der Waals surface area contributed by atoms with Gasteiger partial charge in [0.15, 0.2) is 0 Å². The predicted molar refractivity (Wildman–Crippen MR) is 79.3 cm³/mol. The van der Waals surface area contributed by atoms with Gasteiger partial charge in [0.2, 0.25) is 10.0 Å². The van der Waals surface area contributed by atoms with Gasteiger partial charge in [0.25, 0.3) is 0 Å². The number of hydrogen-bond acceptors (Lipinski definition) is 3. The van der Waals surface area contributed by atoms with E-state index in [4.69, 9.17) is 16.3 Å². The van der Waals surface area contributed by atoms with Crippen LogP contribution < -0.4 is 4.72 Å². The van der Waals surface area contributed by atoms with Crippen molar-refractivity contribution < 1.29 is 13.2 Å². The molecule has 0 fully saturated rings. The van der Waals surface area contributed by atoms with Crippen molar-refractivity contribution >= 4 is 27.3 Å². The van der Waals surface area contributed by atoms with Gasteiger partial charge in [-0.25, -0.2) is 8.42 Å². The summed E-state index contributed by atoms with van der Waals surface area (Å²) in [5.41, 5.74) is 1.53. The fraction of sp³-hybridized carbons (Fsp3) is 0.538. The van der Waals surface area contributed by atoms with E-state index < -0.39 is 10.0 Å². The molecular weight excluding hydrogens is 286 g/mol. The second-order valence-corrected chi connectivity index (χ2v) is 6.62. The molecule has 0 radical (unpaired) electrons. The maximum atomic E-state index is 12.0. The van der Waals surface area contributed by atoms with Crippen molar-refractivity contribution in [2.45, 2.75) is 13.3 Å². The molecule has 0 aliphatic rings. The number of sulfonamides is 1. The summed E-state index contributed by atoms with van der Waals surface area (Å²) in [6.07, 6.45) is 0.667. The van der Waals surface area contributed by atoms with E-state index in [1.807, 2.05) is 19.1 Å². The van der Waals surface area contributed by atoms with Crippen LogP contribution in [0.2, 0.25) is 0 Å². The zero-order valence-electron chi connectivity index (χ0n) is 11.2. The standard InChI is InChI=1S/C13H20ClNO3S/c1-11(9-14)10-19(16,17)15-13-6-4-3-5-12(13)7-8-18-2/h3-6,11,15H,7-10H2,1-2H3. The Hall–Kier alpha value is -0.780. The Balaban J connectivity index is 2.80. The first kappa shape index (κ1) is 16.3. The number of benzene rings is 1. The molecule has 1 N–H and O–H groups in total. The van der Waals surface area contributed by atoms with Gasteiger partial charge in [-0.15, -0.1) is 11.6 Å². The molecule has 6 heteroatoms.